The Labute approximate surface area is 191 Å². The van der Waals surface area contributed by atoms with Gasteiger partial charge in [0.25, 0.3) is 0 Å². The van der Waals surface area contributed by atoms with Crippen LogP contribution in [0.4, 0.5) is 9.59 Å². The summed E-state index contributed by atoms with van der Waals surface area (Å²) in [6, 6.07) is 9.72. The minimum absolute atomic E-state index is 0.0230. The second-order valence-electron chi connectivity index (χ2n) is 10.2. The Morgan fingerprint density at radius 2 is 1.68 bits per heavy atom. The van der Waals surface area contributed by atoms with Crippen LogP contribution in [0, 0.1) is 5.92 Å². The van der Waals surface area contributed by atoms with Crippen molar-refractivity contribution in [2.24, 2.45) is 5.92 Å². The van der Waals surface area contributed by atoms with Gasteiger partial charge in [-0.25, -0.2) is 9.59 Å². The number of thioether (sulfide) groups is 1. The number of carbonyl (C=O) groups excluding carboxylic acids is 2. The summed E-state index contributed by atoms with van der Waals surface area (Å²) < 4.78 is 11.0. The summed E-state index contributed by atoms with van der Waals surface area (Å²) >= 11 is 1.88. The number of carbonyl (C=O) groups is 2. The van der Waals surface area contributed by atoms with Gasteiger partial charge in [-0.1, -0.05) is 51.1 Å². The van der Waals surface area contributed by atoms with Gasteiger partial charge >= 0.3 is 12.2 Å². The molecule has 0 spiro atoms. The Hall–Kier alpha value is -1.89. The van der Waals surface area contributed by atoms with Crippen molar-refractivity contribution in [3.05, 3.63) is 35.9 Å². The first-order valence-electron chi connectivity index (χ1n) is 11.0. The van der Waals surface area contributed by atoms with Crippen LogP contribution in [-0.4, -0.2) is 40.4 Å². The maximum Gasteiger partial charge on any atom is 0.407 e. The van der Waals surface area contributed by atoms with Crippen LogP contribution in [0.15, 0.2) is 30.3 Å². The predicted molar refractivity (Wildman–Crippen MR) is 126 cm³/mol. The van der Waals surface area contributed by atoms with Crippen molar-refractivity contribution in [1.82, 2.24) is 10.6 Å². The lowest BCUT2D eigenvalue weighted by Crippen LogP contribution is -2.50. The van der Waals surface area contributed by atoms with Crippen molar-refractivity contribution in [3.63, 3.8) is 0 Å². The molecule has 3 atom stereocenters. The quantitative estimate of drug-likeness (QED) is 0.598. The van der Waals surface area contributed by atoms with Gasteiger partial charge in [-0.3, -0.25) is 0 Å². The molecule has 1 aliphatic rings. The molecule has 1 fully saturated rings. The zero-order valence-corrected chi connectivity index (χ0v) is 20.5. The van der Waals surface area contributed by atoms with Crippen molar-refractivity contribution >= 4 is 23.9 Å². The first kappa shape index (κ1) is 25.4. The molecule has 7 heteroatoms. The van der Waals surface area contributed by atoms with E-state index < -0.39 is 11.7 Å². The molecule has 31 heavy (non-hydrogen) atoms. The van der Waals surface area contributed by atoms with Gasteiger partial charge in [0, 0.05) is 16.8 Å². The summed E-state index contributed by atoms with van der Waals surface area (Å²) in [5, 5.41) is 6.08. The lowest BCUT2D eigenvalue weighted by molar-refractivity contribution is 0.0478. The monoisotopic (exact) mass is 450 g/mol. The summed E-state index contributed by atoms with van der Waals surface area (Å²) in [6.07, 6.45) is 1.61. The SMILES string of the molecule is CC(C)(C)OC(=O)N[C@@H]1CC[C@H](NC(=O)OCc2ccccc2)[C@H](CSC(C)(C)C)C1. The average Bonchev–Trinajstić information content (AvgIpc) is 2.65. The first-order valence-corrected chi connectivity index (χ1v) is 12.0. The minimum atomic E-state index is -0.521. The topological polar surface area (TPSA) is 76.7 Å². The largest absolute Gasteiger partial charge is 0.445 e. The van der Waals surface area contributed by atoms with Gasteiger partial charge in [0.1, 0.15) is 12.2 Å². The first-order chi connectivity index (χ1) is 14.4. The van der Waals surface area contributed by atoms with Gasteiger partial charge in [0.15, 0.2) is 0 Å². The standard InChI is InChI=1S/C24H38N2O4S/c1-23(2,3)30-22(28)25-19-12-13-20(18(14-19)16-31-24(4,5)6)26-21(27)29-15-17-10-8-7-9-11-17/h7-11,18-20H,12-16H2,1-6H3,(H,25,28)(H,26,27)/t18-,19+,20-/m0/s1. The van der Waals surface area contributed by atoms with Crippen LogP contribution in [0.25, 0.3) is 0 Å². The highest BCUT2D eigenvalue weighted by Gasteiger charge is 2.34. The number of amides is 2. The molecule has 6 nitrogen and oxygen atoms in total. The zero-order valence-electron chi connectivity index (χ0n) is 19.7. The minimum Gasteiger partial charge on any atom is -0.445 e. The van der Waals surface area contributed by atoms with Crippen molar-refractivity contribution in [2.45, 2.75) is 89.8 Å². The molecular weight excluding hydrogens is 412 g/mol. The maximum absolute atomic E-state index is 12.4. The van der Waals surface area contributed by atoms with E-state index in [2.05, 4.69) is 31.4 Å². The van der Waals surface area contributed by atoms with E-state index in [-0.39, 0.29) is 35.4 Å². The molecule has 0 unspecified atom stereocenters. The van der Waals surface area contributed by atoms with Gasteiger partial charge in [-0.2, -0.15) is 11.8 Å². The molecule has 1 aromatic rings. The van der Waals surface area contributed by atoms with Crippen molar-refractivity contribution in [3.8, 4) is 0 Å². The van der Waals surface area contributed by atoms with E-state index in [0.717, 1.165) is 30.6 Å². The van der Waals surface area contributed by atoms with Crippen molar-refractivity contribution < 1.29 is 19.1 Å². The summed E-state index contributed by atoms with van der Waals surface area (Å²) in [7, 11) is 0. The highest BCUT2D eigenvalue weighted by Crippen LogP contribution is 2.33. The summed E-state index contributed by atoms with van der Waals surface area (Å²) in [5.41, 5.74) is 0.440. The van der Waals surface area contributed by atoms with Crippen LogP contribution in [0.2, 0.25) is 0 Å². The summed E-state index contributed by atoms with van der Waals surface area (Å²) in [5.74, 6) is 1.14. The number of benzene rings is 1. The molecule has 2 amide bonds. The van der Waals surface area contributed by atoms with E-state index in [1.54, 1.807) is 0 Å². The van der Waals surface area contributed by atoms with E-state index >= 15 is 0 Å². The predicted octanol–water partition coefficient (Wildman–Crippen LogP) is 5.51. The molecule has 1 saturated carbocycles. The van der Waals surface area contributed by atoms with Gasteiger partial charge < -0.3 is 20.1 Å². The van der Waals surface area contributed by atoms with Crippen molar-refractivity contribution in [2.75, 3.05) is 5.75 Å². The molecule has 0 aromatic heterocycles. The number of alkyl carbamates (subject to hydrolysis) is 2. The smallest absolute Gasteiger partial charge is 0.407 e. The fourth-order valence-corrected chi connectivity index (χ4v) is 4.60. The normalized spacial score (nSPS) is 21.8. The fourth-order valence-electron chi connectivity index (χ4n) is 3.52. The van der Waals surface area contributed by atoms with Crippen LogP contribution >= 0.6 is 11.8 Å². The molecule has 0 radical (unpaired) electrons. The molecule has 0 saturated heterocycles. The van der Waals surface area contributed by atoms with Gasteiger partial charge in [0.05, 0.1) is 0 Å². The van der Waals surface area contributed by atoms with E-state index in [0.29, 0.717) is 0 Å². The van der Waals surface area contributed by atoms with Gasteiger partial charge in [0.2, 0.25) is 0 Å². The van der Waals surface area contributed by atoms with Gasteiger partial charge in [-0.05, 0) is 57.3 Å². The second-order valence-corrected chi connectivity index (χ2v) is 12.0. The molecule has 0 aliphatic heterocycles. The highest BCUT2D eigenvalue weighted by molar-refractivity contribution is 8.00. The lowest BCUT2D eigenvalue weighted by atomic mass is 9.82. The number of nitrogens with one attached hydrogen (secondary N) is 2. The molecule has 0 bridgehead atoms. The molecule has 1 aliphatic carbocycles. The van der Waals surface area contributed by atoms with Crippen LogP contribution in [0.1, 0.15) is 66.4 Å². The average molecular weight is 451 g/mol. The number of rotatable bonds is 6. The highest BCUT2D eigenvalue weighted by atomic mass is 32.2. The zero-order chi connectivity index (χ0) is 23.1. The van der Waals surface area contributed by atoms with E-state index in [1.165, 1.54) is 0 Å². The molecule has 0 heterocycles. The van der Waals surface area contributed by atoms with Crippen LogP contribution in [-0.2, 0) is 16.1 Å². The molecule has 174 valence electrons. The fraction of sp³-hybridized carbons (Fsp3) is 0.667. The second kappa shape index (κ2) is 11.1. The number of hydrogen-bond donors (Lipinski definition) is 2. The Bertz CT molecular complexity index is 713. The Morgan fingerprint density at radius 3 is 2.29 bits per heavy atom. The third-order valence-electron chi connectivity index (χ3n) is 4.95. The van der Waals surface area contributed by atoms with Gasteiger partial charge in [-0.15, -0.1) is 0 Å². The van der Waals surface area contributed by atoms with E-state index in [4.69, 9.17) is 9.47 Å². The van der Waals surface area contributed by atoms with E-state index in [1.807, 2.05) is 62.9 Å². The lowest BCUT2D eigenvalue weighted by Gasteiger charge is -2.37. The Balaban J connectivity index is 1.92. The Morgan fingerprint density at radius 1 is 1.00 bits per heavy atom. The number of hydrogen-bond acceptors (Lipinski definition) is 5. The maximum atomic E-state index is 12.4. The summed E-state index contributed by atoms with van der Waals surface area (Å²) in [4.78, 5) is 24.6. The van der Waals surface area contributed by atoms with Crippen molar-refractivity contribution in [1.29, 1.82) is 0 Å². The molecule has 1 aromatic carbocycles. The molecule has 2 rings (SSSR count). The molecule has 2 N–H and O–H groups in total. The number of ether oxygens (including phenoxy) is 2. The Kier molecular flexibility index (Phi) is 9.10. The third kappa shape index (κ3) is 10.3. The third-order valence-corrected chi connectivity index (χ3v) is 6.41. The van der Waals surface area contributed by atoms with E-state index in [9.17, 15) is 9.59 Å². The molecular formula is C24H38N2O4S. The van der Waals surface area contributed by atoms with Crippen LogP contribution in [0.3, 0.4) is 0 Å². The van der Waals surface area contributed by atoms with Crippen LogP contribution in [0.5, 0.6) is 0 Å². The van der Waals surface area contributed by atoms with Crippen LogP contribution < -0.4 is 10.6 Å². The summed E-state index contributed by atoms with van der Waals surface area (Å²) in [6.45, 7) is 12.4.